The minimum Gasteiger partial charge on any atom is -0.272 e. The van der Waals surface area contributed by atoms with E-state index in [1.54, 1.807) is 0 Å². The Kier molecular flexibility index (Phi) is 2.35. The van der Waals surface area contributed by atoms with Gasteiger partial charge in [0.25, 0.3) is 0 Å². The molecular weight excluding hydrogens is 230 g/mol. The summed E-state index contributed by atoms with van der Waals surface area (Å²) in [5, 5.41) is 0.0600. The fourth-order valence-corrected chi connectivity index (χ4v) is 1.27. The molecule has 72 valence electrons. The first-order valence-corrected chi connectivity index (χ1v) is 4.31. The molecule has 4 nitrogen and oxygen atoms in total. The van der Waals surface area contributed by atoms with E-state index in [4.69, 9.17) is 23.2 Å². The van der Waals surface area contributed by atoms with Crippen LogP contribution < -0.4 is 0 Å². The second-order valence-electron chi connectivity index (χ2n) is 2.38. The van der Waals surface area contributed by atoms with Gasteiger partial charge in [-0.1, -0.05) is 0 Å². The summed E-state index contributed by atoms with van der Waals surface area (Å²) >= 11 is 11.2. The van der Waals surface area contributed by atoms with Crippen molar-refractivity contribution >= 4 is 23.2 Å². The first-order valence-electron chi connectivity index (χ1n) is 3.56. The lowest BCUT2D eigenvalue weighted by molar-refractivity contribution is 0.601. The van der Waals surface area contributed by atoms with Crippen LogP contribution >= 0.6 is 23.2 Å². The number of halogens is 3. The van der Waals surface area contributed by atoms with E-state index >= 15 is 0 Å². The molecule has 2 aromatic heterocycles. The second kappa shape index (κ2) is 3.51. The molecule has 0 saturated heterocycles. The Morgan fingerprint density at radius 3 is 2.71 bits per heavy atom. The second-order valence-corrected chi connectivity index (χ2v) is 3.05. The van der Waals surface area contributed by atoms with Crippen LogP contribution in [0.15, 0.2) is 18.6 Å². The van der Waals surface area contributed by atoms with Crippen LogP contribution in [0, 0.1) is 5.82 Å². The van der Waals surface area contributed by atoms with Crippen molar-refractivity contribution in [2.75, 3.05) is 0 Å². The van der Waals surface area contributed by atoms with Crippen LogP contribution in [-0.2, 0) is 0 Å². The van der Waals surface area contributed by atoms with Crippen LogP contribution in [-0.4, -0.2) is 19.5 Å². The lowest BCUT2D eigenvalue weighted by atomic mass is 10.5. The summed E-state index contributed by atoms with van der Waals surface area (Å²) in [4.78, 5) is 10.9. The minimum absolute atomic E-state index is 0.0208. The Morgan fingerprint density at radius 2 is 2.07 bits per heavy atom. The summed E-state index contributed by atoms with van der Waals surface area (Å²) in [5.74, 6) is -0.637. The highest BCUT2D eigenvalue weighted by atomic mass is 35.5. The molecule has 0 fully saturated rings. The Hall–Kier alpha value is -1.20. The van der Waals surface area contributed by atoms with Gasteiger partial charge < -0.3 is 0 Å². The SMILES string of the molecule is Fc1cnc(Cl)nc1-n1ccnc1Cl. The average molecular weight is 233 g/mol. The highest BCUT2D eigenvalue weighted by Gasteiger charge is 2.10. The summed E-state index contributed by atoms with van der Waals surface area (Å²) < 4.78 is 14.5. The van der Waals surface area contributed by atoms with Crippen LogP contribution in [0.25, 0.3) is 5.82 Å². The van der Waals surface area contributed by atoms with Gasteiger partial charge in [-0.05, 0) is 23.2 Å². The van der Waals surface area contributed by atoms with Gasteiger partial charge in [0.15, 0.2) is 11.6 Å². The topological polar surface area (TPSA) is 43.6 Å². The number of imidazole rings is 1. The predicted molar refractivity (Wildman–Crippen MR) is 49.1 cm³/mol. The van der Waals surface area contributed by atoms with Crippen LogP contribution in [0.5, 0.6) is 0 Å². The maximum absolute atomic E-state index is 13.2. The Labute approximate surface area is 88.3 Å². The first-order chi connectivity index (χ1) is 6.68. The fourth-order valence-electron chi connectivity index (χ4n) is 0.949. The monoisotopic (exact) mass is 232 g/mol. The molecule has 0 spiro atoms. The third-order valence-corrected chi connectivity index (χ3v) is 1.98. The lowest BCUT2D eigenvalue weighted by Crippen LogP contribution is -2.01. The fraction of sp³-hybridized carbons (Fsp3) is 0. The maximum Gasteiger partial charge on any atom is 0.224 e. The lowest BCUT2D eigenvalue weighted by Gasteiger charge is -2.03. The number of hydrogen-bond donors (Lipinski definition) is 0. The number of hydrogen-bond acceptors (Lipinski definition) is 3. The van der Waals surface area contributed by atoms with Crippen molar-refractivity contribution in [2.24, 2.45) is 0 Å². The largest absolute Gasteiger partial charge is 0.272 e. The standard InChI is InChI=1S/C7H3Cl2FN4/c8-6-12-3-4(10)5(13-6)14-2-1-11-7(14)9/h1-3H. The maximum atomic E-state index is 13.2. The normalized spacial score (nSPS) is 10.5. The van der Waals surface area contributed by atoms with E-state index in [0.29, 0.717) is 0 Å². The summed E-state index contributed by atoms with van der Waals surface area (Å²) in [6, 6.07) is 0. The predicted octanol–water partition coefficient (Wildman–Crippen LogP) is 2.11. The molecule has 0 radical (unpaired) electrons. The van der Waals surface area contributed by atoms with E-state index < -0.39 is 5.82 Å². The van der Waals surface area contributed by atoms with Gasteiger partial charge in [0.05, 0.1) is 6.20 Å². The molecule has 0 unspecified atom stereocenters. The van der Waals surface area contributed by atoms with Crippen molar-refractivity contribution in [3.63, 3.8) is 0 Å². The van der Waals surface area contributed by atoms with Gasteiger partial charge >= 0.3 is 0 Å². The van der Waals surface area contributed by atoms with Gasteiger partial charge in [-0.25, -0.2) is 14.4 Å². The minimum atomic E-state index is -0.616. The first kappa shape index (κ1) is 9.36. The van der Waals surface area contributed by atoms with E-state index in [2.05, 4.69) is 15.0 Å². The molecule has 14 heavy (non-hydrogen) atoms. The zero-order valence-corrected chi connectivity index (χ0v) is 8.17. The van der Waals surface area contributed by atoms with E-state index in [9.17, 15) is 4.39 Å². The molecule has 0 aromatic carbocycles. The van der Waals surface area contributed by atoms with Crippen molar-refractivity contribution < 1.29 is 4.39 Å². The third-order valence-electron chi connectivity index (χ3n) is 1.52. The molecule has 2 heterocycles. The Morgan fingerprint density at radius 1 is 1.29 bits per heavy atom. The van der Waals surface area contributed by atoms with Crippen molar-refractivity contribution in [3.8, 4) is 5.82 Å². The highest BCUT2D eigenvalue weighted by molar-refractivity contribution is 6.29. The van der Waals surface area contributed by atoms with Crippen LogP contribution in [0.1, 0.15) is 0 Å². The molecule has 0 saturated carbocycles. The summed E-state index contributed by atoms with van der Waals surface area (Å²) in [6.45, 7) is 0. The summed E-state index contributed by atoms with van der Waals surface area (Å²) in [6.07, 6.45) is 3.88. The molecule has 2 aromatic rings. The van der Waals surface area contributed by atoms with Crippen LogP contribution in [0.3, 0.4) is 0 Å². The average Bonchev–Trinajstić information content (AvgIpc) is 2.56. The molecule has 2 rings (SSSR count). The van der Waals surface area contributed by atoms with Gasteiger partial charge in [-0.15, -0.1) is 0 Å². The molecule has 0 aliphatic rings. The molecular formula is C7H3Cl2FN4. The van der Waals surface area contributed by atoms with Gasteiger partial charge in [-0.2, -0.15) is 4.98 Å². The van der Waals surface area contributed by atoms with Crippen molar-refractivity contribution in [2.45, 2.75) is 0 Å². The van der Waals surface area contributed by atoms with Crippen LogP contribution in [0.4, 0.5) is 4.39 Å². The van der Waals surface area contributed by atoms with Crippen LogP contribution in [0.2, 0.25) is 10.6 Å². The molecule has 0 aliphatic heterocycles. The van der Waals surface area contributed by atoms with Gasteiger partial charge in [0, 0.05) is 12.4 Å². The van der Waals surface area contributed by atoms with Crippen molar-refractivity contribution in [3.05, 3.63) is 35.0 Å². The smallest absolute Gasteiger partial charge is 0.224 e. The number of aromatic nitrogens is 4. The van der Waals surface area contributed by atoms with Gasteiger partial charge in [-0.3, -0.25) is 4.57 Å². The van der Waals surface area contributed by atoms with Crippen molar-refractivity contribution in [1.82, 2.24) is 19.5 Å². The number of nitrogens with zero attached hydrogens (tertiary/aromatic N) is 4. The quantitative estimate of drug-likeness (QED) is 0.708. The molecule has 7 heteroatoms. The van der Waals surface area contributed by atoms with Crippen molar-refractivity contribution in [1.29, 1.82) is 0 Å². The molecule has 0 amide bonds. The van der Waals surface area contributed by atoms with E-state index in [0.717, 1.165) is 6.20 Å². The van der Waals surface area contributed by atoms with E-state index in [1.165, 1.54) is 17.0 Å². The zero-order valence-electron chi connectivity index (χ0n) is 6.65. The third kappa shape index (κ3) is 1.56. The Balaban J connectivity index is 2.62. The highest BCUT2D eigenvalue weighted by Crippen LogP contribution is 2.16. The summed E-state index contributed by atoms with van der Waals surface area (Å²) in [7, 11) is 0. The van der Waals surface area contributed by atoms with Gasteiger partial charge in [0.1, 0.15) is 0 Å². The van der Waals surface area contributed by atoms with E-state index in [1.807, 2.05) is 0 Å². The van der Waals surface area contributed by atoms with Gasteiger partial charge in [0.2, 0.25) is 10.6 Å². The molecule has 0 N–H and O–H groups in total. The molecule has 0 atom stereocenters. The summed E-state index contributed by atoms with van der Waals surface area (Å²) in [5.41, 5.74) is 0. The van der Waals surface area contributed by atoms with E-state index in [-0.39, 0.29) is 16.4 Å². The molecule has 0 bridgehead atoms. The number of rotatable bonds is 1. The zero-order chi connectivity index (χ0) is 10.1. The molecule has 0 aliphatic carbocycles. The Bertz CT molecular complexity index is 470.